The molecule has 1 aromatic carbocycles. The number of aromatic hydroxyl groups is 2. The maximum absolute atomic E-state index is 12.5. The van der Waals surface area contributed by atoms with Crippen LogP contribution in [0.15, 0.2) is 11.8 Å². The molecule has 1 heterocycles. The van der Waals surface area contributed by atoms with Gasteiger partial charge in [-0.1, -0.05) is 0 Å². The number of hydrogen-bond donors (Lipinski definition) is 3. The van der Waals surface area contributed by atoms with Gasteiger partial charge < -0.3 is 29.5 Å². The molecule has 1 aromatic rings. The molecule has 1 aliphatic heterocycles. The Kier molecular flexibility index (Phi) is 3.24. The van der Waals surface area contributed by atoms with E-state index in [1.54, 1.807) is 6.92 Å². The molecule has 25 heavy (non-hydrogen) atoms. The summed E-state index contributed by atoms with van der Waals surface area (Å²) in [6.07, 6.45) is -1.03. The molecule has 8 heteroatoms. The Balaban J connectivity index is 2.00. The SMILES string of the molecule is COC1=CC(=O)c2c(O)c3c(c(O)c2C1=O)C[C@]1(C)OCO[C@@H]1[C@H]3O. The first-order valence-corrected chi connectivity index (χ1v) is 7.69. The number of hydrogen-bond acceptors (Lipinski definition) is 8. The largest absolute Gasteiger partial charge is 0.507 e. The molecule has 0 saturated carbocycles. The van der Waals surface area contributed by atoms with Gasteiger partial charge in [0.15, 0.2) is 11.5 Å². The van der Waals surface area contributed by atoms with Crippen LogP contribution in [0.25, 0.3) is 0 Å². The summed E-state index contributed by atoms with van der Waals surface area (Å²) in [4.78, 5) is 24.8. The molecule has 8 nitrogen and oxygen atoms in total. The second kappa shape index (κ2) is 5.04. The molecule has 2 aliphatic carbocycles. The summed E-state index contributed by atoms with van der Waals surface area (Å²) < 4.78 is 15.8. The Morgan fingerprint density at radius 1 is 1.24 bits per heavy atom. The van der Waals surface area contributed by atoms with Crippen molar-refractivity contribution in [1.29, 1.82) is 0 Å². The van der Waals surface area contributed by atoms with E-state index in [4.69, 9.17) is 14.2 Å². The fraction of sp³-hybridized carbons (Fsp3) is 0.412. The lowest BCUT2D eigenvalue weighted by molar-refractivity contribution is -0.0437. The molecule has 3 atom stereocenters. The van der Waals surface area contributed by atoms with Crippen LogP contribution in [0.4, 0.5) is 0 Å². The summed E-state index contributed by atoms with van der Waals surface area (Å²) in [7, 11) is 1.23. The van der Waals surface area contributed by atoms with E-state index in [1.165, 1.54) is 7.11 Å². The number of aliphatic hydroxyl groups is 1. The van der Waals surface area contributed by atoms with Crippen LogP contribution in [0, 0.1) is 0 Å². The number of carbonyl (C=O) groups is 2. The third-order valence-corrected chi connectivity index (χ3v) is 5.12. The number of aliphatic hydroxyl groups excluding tert-OH is 1. The number of ketones is 2. The molecule has 4 rings (SSSR count). The van der Waals surface area contributed by atoms with Gasteiger partial charge in [0.25, 0.3) is 0 Å². The molecule has 0 aromatic heterocycles. The van der Waals surface area contributed by atoms with Crippen LogP contribution in [0.3, 0.4) is 0 Å². The van der Waals surface area contributed by atoms with E-state index in [0.717, 1.165) is 6.08 Å². The molecule has 3 N–H and O–H groups in total. The van der Waals surface area contributed by atoms with Crippen molar-refractivity contribution in [2.24, 2.45) is 0 Å². The zero-order valence-corrected chi connectivity index (χ0v) is 13.5. The van der Waals surface area contributed by atoms with E-state index in [9.17, 15) is 24.9 Å². The molecule has 0 spiro atoms. The summed E-state index contributed by atoms with van der Waals surface area (Å²) in [6.45, 7) is 1.67. The molecule has 1 saturated heterocycles. The average Bonchev–Trinajstić information content (AvgIpc) is 2.96. The third kappa shape index (κ3) is 1.92. The topological polar surface area (TPSA) is 123 Å². The molecule has 0 bridgehead atoms. The number of methoxy groups -OCH3 is 1. The lowest BCUT2D eigenvalue weighted by Gasteiger charge is -2.39. The average molecular weight is 348 g/mol. The number of phenols is 2. The van der Waals surface area contributed by atoms with Gasteiger partial charge in [0.05, 0.1) is 18.2 Å². The standard InChI is InChI=1S/C17H16O8/c1-17-4-6-9(15(22)16(17)24-5-25-17)14(21)10-7(18)3-8(23-2)13(20)11(10)12(6)19/h3,15-16,19,21-22H,4-5H2,1-2H3/t15-,16+,17-/m0/s1. The molecule has 1 fully saturated rings. The zero-order valence-electron chi connectivity index (χ0n) is 13.5. The highest BCUT2D eigenvalue weighted by atomic mass is 16.7. The maximum Gasteiger partial charge on any atom is 0.232 e. The van der Waals surface area contributed by atoms with Gasteiger partial charge in [0, 0.05) is 23.6 Å². The Hall–Kier alpha value is -2.42. The monoisotopic (exact) mass is 348 g/mol. The quantitative estimate of drug-likeness (QED) is 0.635. The highest BCUT2D eigenvalue weighted by Gasteiger charge is 2.53. The zero-order chi connectivity index (χ0) is 18.1. The molecular weight excluding hydrogens is 332 g/mol. The van der Waals surface area contributed by atoms with Gasteiger partial charge in [-0.2, -0.15) is 0 Å². The minimum absolute atomic E-state index is 0.0142. The predicted octanol–water partition coefficient (Wildman–Crippen LogP) is 0.728. The van der Waals surface area contributed by atoms with Crippen molar-refractivity contribution in [3.05, 3.63) is 34.1 Å². The minimum Gasteiger partial charge on any atom is -0.507 e. The maximum atomic E-state index is 12.5. The first-order chi connectivity index (χ1) is 11.8. The van der Waals surface area contributed by atoms with E-state index in [2.05, 4.69) is 0 Å². The van der Waals surface area contributed by atoms with Crippen LogP contribution in [0.5, 0.6) is 11.5 Å². The van der Waals surface area contributed by atoms with Gasteiger partial charge in [-0.3, -0.25) is 9.59 Å². The third-order valence-electron chi connectivity index (χ3n) is 5.12. The van der Waals surface area contributed by atoms with Gasteiger partial charge in [-0.15, -0.1) is 0 Å². The smallest absolute Gasteiger partial charge is 0.232 e. The Labute approximate surface area is 142 Å². The van der Waals surface area contributed by atoms with Crippen molar-refractivity contribution in [1.82, 2.24) is 0 Å². The van der Waals surface area contributed by atoms with Crippen LogP contribution in [-0.2, 0) is 20.6 Å². The number of phenolic OH excluding ortho intramolecular Hbond substituents is 2. The van der Waals surface area contributed by atoms with Crippen molar-refractivity contribution < 1.29 is 39.1 Å². The van der Waals surface area contributed by atoms with Crippen LogP contribution in [0.2, 0.25) is 0 Å². The first kappa shape index (κ1) is 16.1. The Morgan fingerprint density at radius 3 is 2.64 bits per heavy atom. The van der Waals surface area contributed by atoms with E-state index < -0.39 is 40.9 Å². The van der Waals surface area contributed by atoms with Gasteiger partial charge in [-0.25, -0.2) is 0 Å². The number of allylic oxidation sites excluding steroid dienone is 2. The number of Topliss-reactive ketones (excluding diaryl/α,β-unsaturated/α-hetero) is 1. The van der Waals surface area contributed by atoms with Crippen molar-refractivity contribution >= 4 is 11.6 Å². The summed E-state index contributed by atoms with van der Waals surface area (Å²) in [5.74, 6) is -2.62. The minimum atomic E-state index is -1.32. The summed E-state index contributed by atoms with van der Waals surface area (Å²) >= 11 is 0. The number of fused-ring (bicyclic) bond motifs is 3. The van der Waals surface area contributed by atoms with E-state index in [-0.39, 0.29) is 41.2 Å². The van der Waals surface area contributed by atoms with Gasteiger partial charge in [-0.05, 0) is 6.92 Å². The fourth-order valence-corrected chi connectivity index (χ4v) is 3.86. The predicted molar refractivity (Wildman–Crippen MR) is 81.4 cm³/mol. The second-order valence-corrected chi connectivity index (χ2v) is 6.53. The highest BCUT2D eigenvalue weighted by Crippen LogP contribution is 2.52. The molecule has 0 radical (unpaired) electrons. The molecule has 0 unspecified atom stereocenters. The van der Waals surface area contributed by atoms with Crippen molar-refractivity contribution in [3.63, 3.8) is 0 Å². The van der Waals surface area contributed by atoms with Crippen LogP contribution in [-0.4, -0.2) is 52.5 Å². The summed E-state index contributed by atoms with van der Waals surface area (Å²) in [6, 6.07) is 0. The summed E-state index contributed by atoms with van der Waals surface area (Å²) in [5, 5.41) is 31.9. The van der Waals surface area contributed by atoms with Crippen molar-refractivity contribution in [2.45, 2.75) is 31.2 Å². The molecule has 3 aliphatic rings. The highest BCUT2D eigenvalue weighted by molar-refractivity contribution is 6.26. The molecule has 0 amide bonds. The van der Waals surface area contributed by atoms with Gasteiger partial charge in [0.2, 0.25) is 5.78 Å². The van der Waals surface area contributed by atoms with Crippen LogP contribution >= 0.6 is 0 Å². The van der Waals surface area contributed by atoms with Crippen molar-refractivity contribution in [2.75, 3.05) is 13.9 Å². The van der Waals surface area contributed by atoms with Crippen LogP contribution < -0.4 is 0 Å². The second-order valence-electron chi connectivity index (χ2n) is 6.53. The lowest BCUT2D eigenvalue weighted by atomic mass is 9.74. The normalized spacial score (nSPS) is 30.4. The number of rotatable bonds is 1. The number of benzene rings is 1. The van der Waals surface area contributed by atoms with Gasteiger partial charge >= 0.3 is 0 Å². The van der Waals surface area contributed by atoms with Crippen LogP contribution in [0.1, 0.15) is 44.9 Å². The molecule has 132 valence electrons. The Morgan fingerprint density at radius 2 is 1.96 bits per heavy atom. The first-order valence-electron chi connectivity index (χ1n) is 7.69. The van der Waals surface area contributed by atoms with E-state index >= 15 is 0 Å². The number of carbonyl (C=O) groups excluding carboxylic acids is 2. The van der Waals surface area contributed by atoms with Gasteiger partial charge in [0.1, 0.15) is 36.1 Å². The Bertz CT molecular complexity index is 855. The van der Waals surface area contributed by atoms with E-state index in [1.807, 2.05) is 0 Å². The summed E-state index contributed by atoms with van der Waals surface area (Å²) in [5.41, 5.74) is -1.45. The fourth-order valence-electron chi connectivity index (χ4n) is 3.86. The van der Waals surface area contributed by atoms with Crippen molar-refractivity contribution in [3.8, 4) is 11.5 Å². The lowest BCUT2D eigenvalue weighted by Crippen LogP contribution is -2.46. The molecular formula is C17H16O8. The number of ether oxygens (including phenoxy) is 3. The van der Waals surface area contributed by atoms with E-state index in [0.29, 0.717) is 0 Å².